The molecule has 1 saturated heterocycles. The predicted molar refractivity (Wildman–Crippen MR) is 83.2 cm³/mol. The molecule has 1 fully saturated rings. The molecule has 0 spiro atoms. The van der Waals surface area contributed by atoms with Crippen LogP contribution in [-0.4, -0.2) is 69.2 Å². The van der Waals surface area contributed by atoms with Crippen LogP contribution in [0.5, 0.6) is 11.5 Å². The normalized spacial score (nSPS) is 15.5. The first-order valence-corrected chi connectivity index (χ1v) is 8.61. The number of nitrogens with zero attached hydrogens (tertiary/aromatic N) is 1. The van der Waals surface area contributed by atoms with Gasteiger partial charge in [-0.05, 0) is 24.1 Å². The van der Waals surface area contributed by atoms with Crippen molar-refractivity contribution in [3.8, 4) is 11.5 Å². The molecule has 0 aromatic heterocycles. The molecule has 0 saturated carbocycles. The van der Waals surface area contributed by atoms with Crippen molar-refractivity contribution in [2.75, 3.05) is 40.1 Å². The minimum absolute atomic E-state index is 0.125. The number of hydrogen-bond acceptors (Lipinski definition) is 6. The smallest absolute Gasteiger partial charge is 0.261 e. The first kappa shape index (κ1) is 18.7. The van der Waals surface area contributed by atoms with Gasteiger partial charge in [0.1, 0.15) is 0 Å². The third-order valence-corrected chi connectivity index (χ3v) is 3.10. The van der Waals surface area contributed by atoms with E-state index >= 15 is 0 Å². The number of β-amino-alcohol motifs (C(OH)–C–C–N with tert-alkyl or cyclic N) is 1. The van der Waals surface area contributed by atoms with Gasteiger partial charge in [-0.1, -0.05) is 6.07 Å². The number of likely N-dealkylation sites (tertiary alicyclic amines) is 1. The molecule has 1 aromatic rings. The Bertz CT molecular complexity index is 561. The zero-order valence-electron chi connectivity index (χ0n) is 13.0. The molecule has 1 aliphatic heterocycles. The number of ether oxygens (including phenoxy) is 2. The van der Waals surface area contributed by atoms with Crippen LogP contribution in [0.15, 0.2) is 18.2 Å². The summed E-state index contributed by atoms with van der Waals surface area (Å²) in [6.45, 7) is 2.58. The van der Waals surface area contributed by atoms with E-state index in [1.807, 2.05) is 12.1 Å². The second-order valence-corrected chi connectivity index (χ2v) is 6.55. The monoisotopic (exact) mass is 333 g/mol. The molecular weight excluding hydrogens is 310 g/mol. The Labute approximate surface area is 131 Å². The molecule has 1 aromatic carbocycles. The van der Waals surface area contributed by atoms with Crippen LogP contribution in [-0.2, 0) is 16.5 Å². The van der Waals surface area contributed by atoms with Crippen molar-refractivity contribution in [2.45, 2.75) is 12.5 Å². The molecule has 0 radical (unpaired) electrons. The molecule has 0 aliphatic carbocycles. The van der Waals surface area contributed by atoms with Gasteiger partial charge in [0.25, 0.3) is 10.1 Å². The SMILES string of the molecule is COc1ccc(CCN2CC(O)C2)cc1OC.CS(=O)(=O)O. The fraction of sp³-hybridized carbons (Fsp3) is 0.571. The Morgan fingerprint density at radius 2 is 1.77 bits per heavy atom. The van der Waals surface area contributed by atoms with Crippen LogP contribution in [0.25, 0.3) is 0 Å². The van der Waals surface area contributed by atoms with Crippen molar-refractivity contribution >= 4 is 10.1 Å². The molecule has 22 heavy (non-hydrogen) atoms. The molecule has 0 bridgehead atoms. The van der Waals surface area contributed by atoms with Gasteiger partial charge in [-0.25, -0.2) is 0 Å². The van der Waals surface area contributed by atoms with Gasteiger partial charge in [-0.3, -0.25) is 9.45 Å². The van der Waals surface area contributed by atoms with Gasteiger partial charge < -0.3 is 14.6 Å². The summed E-state index contributed by atoms with van der Waals surface area (Å²) in [7, 11) is -0.383. The summed E-state index contributed by atoms with van der Waals surface area (Å²) in [5, 5.41) is 9.19. The summed E-state index contributed by atoms with van der Waals surface area (Å²) in [5.74, 6) is 1.53. The second kappa shape index (κ2) is 8.33. The largest absolute Gasteiger partial charge is 0.493 e. The van der Waals surface area contributed by atoms with E-state index in [1.54, 1.807) is 14.2 Å². The molecule has 7 nitrogen and oxygen atoms in total. The van der Waals surface area contributed by atoms with Gasteiger partial charge in [0.15, 0.2) is 11.5 Å². The Morgan fingerprint density at radius 3 is 2.23 bits per heavy atom. The quantitative estimate of drug-likeness (QED) is 0.754. The van der Waals surface area contributed by atoms with Crippen LogP contribution >= 0.6 is 0 Å². The topological polar surface area (TPSA) is 96.3 Å². The van der Waals surface area contributed by atoms with Gasteiger partial charge in [-0.15, -0.1) is 0 Å². The van der Waals surface area contributed by atoms with E-state index in [-0.39, 0.29) is 6.10 Å². The molecule has 0 amide bonds. The Kier molecular flexibility index (Phi) is 7.08. The summed E-state index contributed by atoms with van der Waals surface area (Å²) < 4.78 is 36.3. The first-order chi connectivity index (χ1) is 10.2. The van der Waals surface area contributed by atoms with Gasteiger partial charge >= 0.3 is 0 Å². The number of rotatable bonds is 5. The van der Waals surface area contributed by atoms with Crippen molar-refractivity contribution in [3.05, 3.63) is 23.8 Å². The zero-order valence-corrected chi connectivity index (χ0v) is 13.8. The van der Waals surface area contributed by atoms with Crippen LogP contribution in [0.3, 0.4) is 0 Å². The average molecular weight is 333 g/mol. The summed E-state index contributed by atoms with van der Waals surface area (Å²) >= 11 is 0. The number of hydrogen-bond donors (Lipinski definition) is 2. The van der Waals surface area contributed by atoms with Crippen molar-refractivity contribution in [1.29, 1.82) is 0 Å². The van der Waals surface area contributed by atoms with Crippen molar-refractivity contribution in [1.82, 2.24) is 4.90 Å². The lowest BCUT2D eigenvalue weighted by Crippen LogP contribution is -2.51. The van der Waals surface area contributed by atoms with E-state index in [0.717, 1.165) is 37.6 Å². The molecule has 0 unspecified atom stereocenters. The van der Waals surface area contributed by atoms with Gasteiger partial charge in [0.05, 0.1) is 26.6 Å². The summed E-state index contributed by atoms with van der Waals surface area (Å²) in [6.07, 6.45) is 1.56. The Balaban J connectivity index is 0.000000422. The minimum atomic E-state index is -3.67. The average Bonchev–Trinajstić information content (AvgIpc) is 2.40. The number of methoxy groups -OCH3 is 2. The van der Waals surface area contributed by atoms with Gasteiger partial charge in [0.2, 0.25) is 0 Å². The number of aliphatic hydroxyl groups excluding tert-OH is 1. The maximum absolute atomic E-state index is 9.19. The fourth-order valence-electron chi connectivity index (χ4n) is 2.05. The lowest BCUT2D eigenvalue weighted by molar-refractivity contribution is 0.00310. The van der Waals surface area contributed by atoms with Crippen LogP contribution in [0, 0.1) is 0 Å². The van der Waals surface area contributed by atoms with Crippen LogP contribution in [0.1, 0.15) is 5.56 Å². The van der Waals surface area contributed by atoms with Crippen LogP contribution < -0.4 is 9.47 Å². The molecular formula is C14H23NO6S. The maximum Gasteiger partial charge on any atom is 0.261 e. The molecule has 8 heteroatoms. The lowest BCUT2D eigenvalue weighted by atomic mass is 10.1. The van der Waals surface area contributed by atoms with E-state index in [2.05, 4.69) is 11.0 Å². The fourth-order valence-corrected chi connectivity index (χ4v) is 2.05. The minimum Gasteiger partial charge on any atom is -0.493 e. The van der Waals surface area contributed by atoms with Crippen molar-refractivity contribution in [2.24, 2.45) is 0 Å². The highest BCUT2D eigenvalue weighted by Gasteiger charge is 2.23. The van der Waals surface area contributed by atoms with E-state index in [0.29, 0.717) is 6.26 Å². The van der Waals surface area contributed by atoms with Crippen molar-refractivity contribution in [3.63, 3.8) is 0 Å². The lowest BCUT2D eigenvalue weighted by Gasteiger charge is -2.35. The van der Waals surface area contributed by atoms with E-state index in [4.69, 9.17) is 14.0 Å². The highest BCUT2D eigenvalue weighted by molar-refractivity contribution is 7.85. The van der Waals surface area contributed by atoms with E-state index < -0.39 is 10.1 Å². The highest BCUT2D eigenvalue weighted by Crippen LogP contribution is 2.27. The standard InChI is InChI=1S/C13H19NO3.CH4O3S/c1-16-12-4-3-10(7-13(12)17-2)5-6-14-8-11(15)9-14;1-5(2,3)4/h3-4,7,11,15H,5-6,8-9H2,1-2H3;1H3,(H,2,3,4). The molecule has 0 atom stereocenters. The summed E-state index contributed by atoms with van der Waals surface area (Å²) in [6, 6.07) is 5.99. The Hall–Kier alpha value is -1.35. The van der Waals surface area contributed by atoms with Crippen LogP contribution in [0.4, 0.5) is 0 Å². The van der Waals surface area contributed by atoms with Crippen LogP contribution in [0.2, 0.25) is 0 Å². The molecule has 2 rings (SSSR count). The number of aliphatic hydroxyl groups is 1. The molecule has 126 valence electrons. The first-order valence-electron chi connectivity index (χ1n) is 6.76. The van der Waals surface area contributed by atoms with Gasteiger partial charge in [-0.2, -0.15) is 8.42 Å². The second-order valence-electron chi connectivity index (χ2n) is 5.09. The van der Waals surface area contributed by atoms with E-state index in [1.165, 1.54) is 5.56 Å². The summed E-state index contributed by atoms with van der Waals surface area (Å²) in [4.78, 5) is 2.24. The predicted octanol–water partition coefficient (Wildman–Crippen LogP) is 0.427. The van der Waals surface area contributed by atoms with Gasteiger partial charge in [0, 0.05) is 19.6 Å². The zero-order chi connectivity index (χ0) is 16.8. The third-order valence-electron chi connectivity index (χ3n) is 3.10. The van der Waals surface area contributed by atoms with Crippen molar-refractivity contribution < 1.29 is 27.6 Å². The molecule has 1 heterocycles. The summed E-state index contributed by atoms with van der Waals surface area (Å²) in [5.41, 5.74) is 1.23. The number of benzene rings is 1. The maximum atomic E-state index is 9.19. The highest BCUT2D eigenvalue weighted by atomic mass is 32.2. The van der Waals surface area contributed by atoms with E-state index in [9.17, 15) is 13.5 Å². The Morgan fingerprint density at radius 1 is 1.23 bits per heavy atom. The molecule has 2 N–H and O–H groups in total. The third kappa shape index (κ3) is 7.08. The molecule has 1 aliphatic rings.